The molecule has 0 aromatic heterocycles. The van der Waals surface area contributed by atoms with E-state index in [0.29, 0.717) is 19.5 Å². The summed E-state index contributed by atoms with van der Waals surface area (Å²) in [5.41, 5.74) is 2.93. The summed E-state index contributed by atoms with van der Waals surface area (Å²) in [6.07, 6.45) is -0.234. The van der Waals surface area contributed by atoms with E-state index in [1.807, 2.05) is 84.9 Å². The van der Waals surface area contributed by atoms with Crippen molar-refractivity contribution < 1.29 is 14.6 Å². The first-order valence-electron chi connectivity index (χ1n) is 10.7. The third-order valence-electron chi connectivity index (χ3n) is 5.36. The van der Waals surface area contributed by atoms with Crippen molar-refractivity contribution in [3.05, 3.63) is 96.1 Å². The first-order chi connectivity index (χ1) is 15.6. The van der Waals surface area contributed by atoms with Gasteiger partial charge < -0.3 is 20.5 Å². The molecule has 32 heavy (non-hydrogen) atoms. The van der Waals surface area contributed by atoms with Gasteiger partial charge in [-0.05, 0) is 41.8 Å². The quantitative estimate of drug-likeness (QED) is 0.457. The topological polar surface area (TPSA) is 73.8 Å². The first kappa shape index (κ1) is 23.3. The summed E-state index contributed by atoms with van der Waals surface area (Å²) in [7, 11) is 3.36. The Morgan fingerprint density at radius 3 is 2.19 bits per heavy atom. The molecule has 2 atom stereocenters. The Morgan fingerprint density at radius 2 is 1.56 bits per heavy atom. The molecule has 0 saturated carbocycles. The number of aliphatic hydroxyl groups is 1. The summed E-state index contributed by atoms with van der Waals surface area (Å²) in [6.45, 7) is 0.954. The van der Waals surface area contributed by atoms with Crippen molar-refractivity contribution >= 4 is 11.7 Å². The smallest absolute Gasteiger partial charge is 0.321 e. The summed E-state index contributed by atoms with van der Waals surface area (Å²) in [5, 5.41) is 17.2. The molecule has 0 radical (unpaired) electrons. The molecular formula is C26H31N3O3. The summed E-state index contributed by atoms with van der Waals surface area (Å²) in [6, 6.07) is 26.4. The number of hydrogen-bond donors (Lipinski definition) is 3. The normalized spacial score (nSPS) is 12.6. The van der Waals surface area contributed by atoms with Crippen LogP contribution in [0.5, 0.6) is 5.75 Å². The lowest BCUT2D eigenvalue weighted by Crippen LogP contribution is -2.52. The Hall–Kier alpha value is -3.35. The summed E-state index contributed by atoms with van der Waals surface area (Å²) >= 11 is 0. The van der Waals surface area contributed by atoms with Gasteiger partial charge in [-0.2, -0.15) is 0 Å². The van der Waals surface area contributed by atoms with Crippen LogP contribution in [-0.2, 0) is 13.0 Å². The monoisotopic (exact) mass is 433 g/mol. The molecule has 0 aliphatic carbocycles. The average Bonchev–Trinajstić information content (AvgIpc) is 2.84. The van der Waals surface area contributed by atoms with Crippen LogP contribution in [0.2, 0.25) is 0 Å². The minimum Gasteiger partial charge on any atom is -0.497 e. The Labute approximate surface area is 189 Å². The molecule has 0 aliphatic heterocycles. The van der Waals surface area contributed by atoms with Gasteiger partial charge in [0.2, 0.25) is 0 Å². The molecule has 3 N–H and O–H groups in total. The number of carbonyl (C=O) groups excluding carboxylic acids is 1. The molecule has 3 aromatic carbocycles. The van der Waals surface area contributed by atoms with Crippen LogP contribution in [0, 0.1) is 0 Å². The SMILES string of the molecule is COc1ccc(CNC[C@@H](O)[C@H](Cc2ccccc2)NC(=O)N(C)c2ccccc2)cc1. The molecule has 0 spiro atoms. The van der Waals surface area contributed by atoms with Crippen LogP contribution >= 0.6 is 0 Å². The zero-order chi connectivity index (χ0) is 22.8. The summed E-state index contributed by atoms with van der Waals surface area (Å²) in [4.78, 5) is 14.4. The number of urea groups is 1. The maximum absolute atomic E-state index is 12.9. The van der Waals surface area contributed by atoms with Gasteiger partial charge in [-0.15, -0.1) is 0 Å². The van der Waals surface area contributed by atoms with Crippen LogP contribution in [0.15, 0.2) is 84.9 Å². The minimum absolute atomic E-state index is 0.258. The van der Waals surface area contributed by atoms with Crippen LogP contribution in [0.4, 0.5) is 10.5 Å². The molecule has 0 heterocycles. The fourth-order valence-corrected chi connectivity index (χ4v) is 3.43. The number of hydrogen-bond acceptors (Lipinski definition) is 4. The van der Waals surface area contributed by atoms with E-state index in [1.54, 1.807) is 19.1 Å². The second-order valence-electron chi connectivity index (χ2n) is 7.69. The van der Waals surface area contributed by atoms with Gasteiger partial charge in [-0.3, -0.25) is 4.90 Å². The Kier molecular flexibility index (Phi) is 8.66. The summed E-state index contributed by atoms with van der Waals surface area (Å²) in [5.74, 6) is 0.807. The van der Waals surface area contributed by atoms with Crippen LogP contribution in [0.1, 0.15) is 11.1 Å². The van der Waals surface area contributed by atoms with Gasteiger partial charge in [-0.25, -0.2) is 4.79 Å². The number of anilines is 1. The summed E-state index contributed by atoms with van der Waals surface area (Å²) < 4.78 is 5.18. The number of para-hydroxylation sites is 1. The van der Waals surface area contributed by atoms with Crippen molar-refractivity contribution in [1.29, 1.82) is 0 Å². The number of rotatable bonds is 10. The van der Waals surface area contributed by atoms with Gasteiger partial charge in [0.15, 0.2) is 0 Å². The molecule has 0 aliphatic rings. The van der Waals surface area contributed by atoms with Crippen molar-refractivity contribution in [3.63, 3.8) is 0 Å². The van der Waals surface area contributed by atoms with E-state index in [1.165, 1.54) is 0 Å². The molecule has 168 valence electrons. The third kappa shape index (κ3) is 6.83. The second-order valence-corrected chi connectivity index (χ2v) is 7.69. The minimum atomic E-state index is -0.762. The molecule has 2 amide bonds. The van der Waals surface area contributed by atoms with Gasteiger partial charge in [0, 0.05) is 25.8 Å². The Morgan fingerprint density at radius 1 is 0.938 bits per heavy atom. The predicted molar refractivity (Wildman–Crippen MR) is 128 cm³/mol. The van der Waals surface area contributed by atoms with E-state index in [4.69, 9.17) is 4.74 Å². The van der Waals surface area contributed by atoms with E-state index in [9.17, 15) is 9.90 Å². The number of nitrogens with zero attached hydrogens (tertiary/aromatic N) is 1. The maximum atomic E-state index is 12.9. The highest BCUT2D eigenvalue weighted by Crippen LogP contribution is 2.13. The van der Waals surface area contributed by atoms with Crippen LogP contribution in [-0.4, -0.2) is 44.0 Å². The van der Waals surface area contributed by atoms with E-state index in [-0.39, 0.29) is 6.03 Å². The van der Waals surface area contributed by atoms with Crippen molar-refractivity contribution in [2.45, 2.75) is 25.1 Å². The average molecular weight is 434 g/mol. The standard InChI is InChI=1S/C26H31N3O3/c1-29(22-11-7-4-8-12-22)26(31)28-24(17-20-9-5-3-6-10-20)25(30)19-27-18-21-13-15-23(32-2)16-14-21/h3-16,24-25,27,30H,17-19H2,1-2H3,(H,28,31)/t24-,25+/m0/s1. The van der Waals surface area contributed by atoms with Gasteiger partial charge >= 0.3 is 6.03 Å². The van der Waals surface area contributed by atoms with Gasteiger partial charge in [0.25, 0.3) is 0 Å². The van der Waals surface area contributed by atoms with Crippen molar-refractivity contribution in [1.82, 2.24) is 10.6 Å². The first-order valence-corrected chi connectivity index (χ1v) is 10.7. The lowest BCUT2D eigenvalue weighted by atomic mass is 10.0. The largest absolute Gasteiger partial charge is 0.497 e. The molecule has 3 rings (SSSR count). The number of methoxy groups -OCH3 is 1. The van der Waals surface area contributed by atoms with E-state index in [2.05, 4.69) is 10.6 Å². The zero-order valence-corrected chi connectivity index (χ0v) is 18.6. The molecule has 3 aromatic rings. The van der Waals surface area contributed by atoms with Gasteiger partial charge in [0.05, 0.1) is 19.3 Å². The molecule has 0 unspecified atom stereocenters. The lowest BCUT2D eigenvalue weighted by Gasteiger charge is -2.27. The number of carbonyl (C=O) groups is 1. The molecule has 6 heteroatoms. The maximum Gasteiger partial charge on any atom is 0.321 e. The number of amides is 2. The van der Waals surface area contributed by atoms with E-state index in [0.717, 1.165) is 22.6 Å². The van der Waals surface area contributed by atoms with Crippen molar-refractivity contribution in [3.8, 4) is 5.75 Å². The van der Waals surface area contributed by atoms with Crippen molar-refractivity contribution in [2.24, 2.45) is 0 Å². The van der Waals surface area contributed by atoms with Crippen LogP contribution in [0.3, 0.4) is 0 Å². The predicted octanol–water partition coefficient (Wildman–Crippen LogP) is 3.60. The third-order valence-corrected chi connectivity index (χ3v) is 5.36. The van der Waals surface area contributed by atoms with Crippen molar-refractivity contribution in [2.75, 3.05) is 25.6 Å². The second kappa shape index (κ2) is 11.9. The van der Waals surface area contributed by atoms with Crippen LogP contribution < -0.4 is 20.3 Å². The molecule has 6 nitrogen and oxygen atoms in total. The highest BCUT2D eigenvalue weighted by Gasteiger charge is 2.23. The van der Waals surface area contributed by atoms with E-state index >= 15 is 0 Å². The molecule has 0 bridgehead atoms. The fourth-order valence-electron chi connectivity index (χ4n) is 3.43. The van der Waals surface area contributed by atoms with E-state index < -0.39 is 12.1 Å². The number of aliphatic hydroxyl groups excluding tert-OH is 1. The Bertz CT molecular complexity index is 949. The van der Waals surface area contributed by atoms with Gasteiger partial charge in [-0.1, -0.05) is 60.7 Å². The zero-order valence-electron chi connectivity index (χ0n) is 18.6. The number of ether oxygens (including phenoxy) is 1. The Balaban J connectivity index is 1.62. The lowest BCUT2D eigenvalue weighted by molar-refractivity contribution is 0.127. The molecule has 0 saturated heterocycles. The number of nitrogens with one attached hydrogen (secondary N) is 2. The number of benzene rings is 3. The highest BCUT2D eigenvalue weighted by molar-refractivity contribution is 5.91. The fraction of sp³-hybridized carbons (Fsp3) is 0.269. The van der Waals surface area contributed by atoms with Gasteiger partial charge in [0.1, 0.15) is 5.75 Å². The molecular weight excluding hydrogens is 402 g/mol. The van der Waals surface area contributed by atoms with Crippen LogP contribution in [0.25, 0.3) is 0 Å². The highest BCUT2D eigenvalue weighted by atomic mass is 16.5. The molecule has 0 fully saturated rings.